The molecule has 0 aliphatic rings. The molecule has 6 heteroatoms. The molecule has 0 saturated carbocycles. The Morgan fingerprint density at radius 3 is 2.43 bits per heavy atom. The summed E-state index contributed by atoms with van der Waals surface area (Å²) in [6.45, 7) is 3.48. The number of carbonyl (C=O) groups excluding carboxylic acids is 2. The smallest absolute Gasteiger partial charge is 0.348 e. The number of methoxy groups -OCH3 is 1. The van der Waals surface area contributed by atoms with Gasteiger partial charge < -0.3 is 14.8 Å². The summed E-state index contributed by atoms with van der Waals surface area (Å²) in [6.07, 6.45) is 0. The normalized spacial score (nSPS) is 11.6. The number of nitrogens with one attached hydrogen (secondary N) is 1. The van der Waals surface area contributed by atoms with E-state index >= 15 is 0 Å². The molecule has 2 aromatic rings. The van der Waals surface area contributed by atoms with E-state index in [1.165, 1.54) is 11.3 Å². The molecule has 0 aliphatic carbocycles. The van der Waals surface area contributed by atoms with Crippen LogP contribution in [0.5, 0.6) is 5.75 Å². The van der Waals surface area contributed by atoms with Crippen LogP contribution in [0.2, 0.25) is 0 Å². The Morgan fingerprint density at radius 1 is 1.17 bits per heavy atom. The molecule has 23 heavy (non-hydrogen) atoms. The van der Waals surface area contributed by atoms with Crippen LogP contribution in [0.1, 0.15) is 33.1 Å². The summed E-state index contributed by atoms with van der Waals surface area (Å²) in [7, 11) is 1.60. The van der Waals surface area contributed by atoms with Crippen molar-refractivity contribution in [3.05, 3.63) is 51.7 Å². The highest BCUT2D eigenvalue weighted by atomic mass is 32.1. The number of amides is 1. The largest absolute Gasteiger partial charge is 0.497 e. The molecule has 0 bridgehead atoms. The number of hydrogen-bond acceptors (Lipinski definition) is 5. The number of carbonyl (C=O) groups is 2. The topological polar surface area (TPSA) is 64.6 Å². The maximum absolute atomic E-state index is 11.9. The number of thiophene rings is 1. The second kappa shape index (κ2) is 7.78. The van der Waals surface area contributed by atoms with Crippen molar-refractivity contribution in [1.82, 2.24) is 5.32 Å². The molecule has 0 spiro atoms. The van der Waals surface area contributed by atoms with Gasteiger partial charge in [0.15, 0.2) is 6.61 Å². The van der Waals surface area contributed by atoms with Crippen LogP contribution in [0, 0.1) is 6.92 Å². The first kappa shape index (κ1) is 17.0. The zero-order valence-electron chi connectivity index (χ0n) is 13.3. The second-order valence-electron chi connectivity index (χ2n) is 5.05. The van der Waals surface area contributed by atoms with Crippen molar-refractivity contribution in [2.24, 2.45) is 0 Å². The third-order valence-electron chi connectivity index (χ3n) is 3.27. The van der Waals surface area contributed by atoms with Gasteiger partial charge in [-0.05, 0) is 43.7 Å². The van der Waals surface area contributed by atoms with E-state index in [-0.39, 0.29) is 18.6 Å². The Bertz CT molecular complexity index is 678. The Labute approximate surface area is 139 Å². The fourth-order valence-corrected chi connectivity index (χ4v) is 2.77. The molecule has 1 atom stereocenters. The number of benzene rings is 1. The zero-order valence-corrected chi connectivity index (χ0v) is 14.1. The van der Waals surface area contributed by atoms with Crippen LogP contribution < -0.4 is 10.1 Å². The van der Waals surface area contributed by atoms with Crippen molar-refractivity contribution in [1.29, 1.82) is 0 Å². The molecular formula is C17H19NO4S. The number of ether oxygens (including phenoxy) is 2. The molecule has 0 saturated heterocycles. The first-order chi connectivity index (χ1) is 11.0. The Morgan fingerprint density at radius 2 is 1.87 bits per heavy atom. The standard InChI is InChI=1S/C17H19NO4S/c1-11-4-9-15(23-11)17(20)22-10-16(19)18-12(2)13-5-7-14(21-3)8-6-13/h4-9,12H,10H2,1-3H3,(H,18,19)/t12-/m1/s1. The summed E-state index contributed by atoms with van der Waals surface area (Å²) in [5, 5.41) is 2.79. The van der Waals surface area contributed by atoms with Gasteiger partial charge in [-0.15, -0.1) is 11.3 Å². The summed E-state index contributed by atoms with van der Waals surface area (Å²) in [4.78, 5) is 25.2. The van der Waals surface area contributed by atoms with Crippen LogP contribution in [0.3, 0.4) is 0 Å². The van der Waals surface area contributed by atoms with Crippen LogP contribution in [-0.4, -0.2) is 25.6 Å². The van der Waals surface area contributed by atoms with Gasteiger partial charge in [0, 0.05) is 4.88 Å². The maximum Gasteiger partial charge on any atom is 0.348 e. The van der Waals surface area contributed by atoms with Crippen molar-refractivity contribution in [3.8, 4) is 5.75 Å². The van der Waals surface area contributed by atoms with Gasteiger partial charge in [0.05, 0.1) is 13.2 Å². The monoisotopic (exact) mass is 333 g/mol. The number of aryl methyl sites for hydroxylation is 1. The van der Waals surface area contributed by atoms with E-state index in [2.05, 4.69) is 5.32 Å². The molecule has 1 amide bonds. The van der Waals surface area contributed by atoms with Gasteiger partial charge in [-0.1, -0.05) is 12.1 Å². The molecule has 1 aromatic carbocycles. The molecule has 1 heterocycles. The van der Waals surface area contributed by atoms with Gasteiger partial charge in [-0.2, -0.15) is 0 Å². The van der Waals surface area contributed by atoms with E-state index in [9.17, 15) is 9.59 Å². The van der Waals surface area contributed by atoms with Crippen molar-refractivity contribution in [3.63, 3.8) is 0 Å². The van der Waals surface area contributed by atoms with Gasteiger partial charge in [-0.3, -0.25) is 4.79 Å². The van der Waals surface area contributed by atoms with Crippen molar-refractivity contribution < 1.29 is 19.1 Å². The van der Waals surface area contributed by atoms with Gasteiger partial charge in [-0.25, -0.2) is 4.79 Å². The van der Waals surface area contributed by atoms with E-state index < -0.39 is 5.97 Å². The van der Waals surface area contributed by atoms with Crippen LogP contribution in [0.25, 0.3) is 0 Å². The van der Waals surface area contributed by atoms with Gasteiger partial charge >= 0.3 is 5.97 Å². The van der Waals surface area contributed by atoms with E-state index in [4.69, 9.17) is 9.47 Å². The molecular weight excluding hydrogens is 314 g/mol. The average Bonchev–Trinajstić information content (AvgIpc) is 2.99. The van der Waals surface area contributed by atoms with Crippen molar-refractivity contribution >= 4 is 23.2 Å². The van der Waals surface area contributed by atoms with E-state index in [1.54, 1.807) is 13.2 Å². The first-order valence-electron chi connectivity index (χ1n) is 7.16. The van der Waals surface area contributed by atoms with E-state index in [1.807, 2.05) is 44.2 Å². The Hall–Kier alpha value is -2.34. The number of esters is 1. The van der Waals surface area contributed by atoms with E-state index in [0.29, 0.717) is 4.88 Å². The lowest BCUT2D eigenvalue weighted by Gasteiger charge is -2.14. The predicted octanol–water partition coefficient (Wildman–Crippen LogP) is 3.10. The summed E-state index contributed by atoms with van der Waals surface area (Å²) < 4.78 is 10.1. The van der Waals surface area contributed by atoms with Crippen LogP contribution in [0.15, 0.2) is 36.4 Å². The molecule has 5 nitrogen and oxygen atoms in total. The quantitative estimate of drug-likeness (QED) is 0.825. The highest BCUT2D eigenvalue weighted by molar-refractivity contribution is 7.13. The molecule has 2 rings (SSSR count). The van der Waals surface area contributed by atoms with Gasteiger partial charge in [0.2, 0.25) is 0 Å². The Kier molecular flexibility index (Phi) is 5.76. The molecule has 0 unspecified atom stereocenters. The summed E-state index contributed by atoms with van der Waals surface area (Å²) in [6, 6.07) is 10.8. The molecule has 0 radical (unpaired) electrons. The third-order valence-corrected chi connectivity index (χ3v) is 4.25. The summed E-state index contributed by atoms with van der Waals surface area (Å²) in [5.74, 6) is -0.0576. The lowest BCUT2D eigenvalue weighted by molar-refractivity contribution is -0.124. The maximum atomic E-state index is 11.9. The number of rotatable bonds is 6. The molecule has 1 aromatic heterocycles. The van der Waals surface area contributed by atoms with E-state index in [0.717, 1.165) is 16.2 Å². The van der Waals surface area contributed by atoms with Crippen LogP contribution >= 0.6 is 11.3 Å². The lowest BCUT2D eigenvalue weighted by Crippen LogP contribution is -2.31. The van der Waals surface area contributed by atoms with Crippen molar-refractivity contribution in [2.75, 3.05) is 13.7 Å². The third kappa shape index (κ3) is 4.82. The highest BCUT2D eigenvalue weighted by Crippen LogP contribution is 2.18. The van der Waals surface area contributed by atoms with Crippen LogP contribution in [-0.2, 0) is 9.53 Å². The SMILES string of the molecule is COc1ccc([C@@H](C)NC(=O)COC(=O)c2ccc(C)s2)cc1. The highest BCUT2D eigenvalue weighted by Gasteiger charge is 2.14. The lowest BCUT2D eigenvalue weighted by atomic mass is 10.1. The molecule has 1 N–H and O–H groups in total. The summed E-state index contributed by atoms with van der Waals surface area (Å²) in [5.41, 5.74) is 0.944. The number of hydrogen-bond donors (Lipinski definition) is 1. The van der Waals surface area contributed by atoms with Gasteiger partial charge in [0.25, 0.3) is 5.91 Å². The minimum absolute atomic E-state index is 0.184. The van der Waals surface area contributed by atoms with Crippen LogP contribution in [0.4, 0.5) is 0 Å². The Balaban J connectivity index is 1.82. The predicted molar refractivity (Wildman–Crippen MR) is 88.9 cm³/mol. The first-order valence-corrected chi connectivity index (χ1v) is 7.98. The zero-order chi connectivity index (χ0) is 16.8. The minimum Gasteiger partial charge on any atom is -0.497 e. The molecule has 0 fully saturated rings. The molecule has 0 aliphatic heterocycles. The fraction of sp³-hybridized carbons (Fsp3) is 0.294. The van der Waals surface area contributed by atoms with Crippen molar-refractivity contribution in [2.45, 2.75) is 19.9 Å². The van der Waals surface area contributed by atoms with Gasteiger partial charge in [0.1, 0.15) is 10.6 Å². The minimum atomic E-state index is -0.477. The fourth-order valence-electron chi connectivity index (χ4n) is 2.01. The average molecular weight is 333 g/mol. The second-order valence-corrected chi connectivity index (χ2v) is 6.34. The summed E-state index contributed by atoms with van der Waals surface area (Å²) >= 11 is 1.34. The molecule has 122 valence electrons.